The number of nitrogens with one attached hydrogen (secondary N) is 1. The molecule has 0 aromatic heterocycles. The van der Waals surface area contributed by atoms with Crippen LogP contribution in [0.15, 0.2) is 30.3 Å². The molecule has 23 heavy (non-hydrogen) atoms. The van der Waals surface area contributed by atoms with Crippen LogP contribution in [-0.4, -0.2) is 42.5 Å². The van der Waals surface area contributed by atoms with E-state index in [4.69, 9.17) is 4.74 Å². The van der Waals surface area contributed by atoms with Gasteiger partial charge in [0.2, 0.25) is 5.91 Å². The lowest BCUT2D eigenvalue weighted by molar-refractivity contribution is -0.151. The molecule has 1 aliphatic rings. The van der Waals surface area contributed by atoms with Gasteiger partial charge in [0.1, 0.15) is 0 Å². The molecule has 2 rings (SSSR count). The fourth-order valence-electron chi connectivity index (χ4n) is 2.91. The van der Waals surface area contributed by atoms with E-state index >= 15 is 0 Å². The molecule has 5 nitrogen and oxygen atoms in total. The molecular weight excluding hydrogens is 292 g/mol. The molecule has 126 valence electrons. The smallest absolute Gasteiger partial charge is 0.310 e. The molecular formula is C18H26N2O3. The predicted octanol–water partition coefficient (Wildman–Crippen LogP) is 1.97. The van der Waals surface area contributed by atoms with Crippen molar-refractivity contribution in [3.63, 3.8) is 0 Å². The Morgan fingerprint density at radius 2 is 2.09 bits per heavy atom. The Bertz CT molecular complexity index is 518. The molecule has 1 heterocycles. The zero-order valence-corrected chi connectivity index (χ0v) is 14.0. The first-order valence-electron chi connectivity index (χ1n) is 8.34. The van der Waals surface area contributed by atoms with Crippen LogP contribution in [0.3, 0.4) is 0 Å². The normalized spacial score (nSPS) is 19.8. The molecule has 0 spiro atoms. The third kappa shape index (κ3) is 5.06. The van der Waals surface area contributed by atoms with Crippen molar-refractivity contribution >= 4 is 11.9 Å². The van der Waals surface area contributed by atoms with Gasteiger partial charge in [0.05, 0.1) is 18.6 Å². The van der Waals surface area contributed by atoms with Crippen molar-refractivity contribution in [3.05, 3.63) is 35.9 Å². The Morgan fingerprint density at radius 1 is 1.35 bits per heavy atom. The average molecular weight is 318 g/mol. The zero-order valence-electron chi connectivity index (χ0n) is 14.0. The summed E-state index contributed by atoms with van der Waals surface area (Å²) in [5.41, 5.74) is 1.08. The lowest BCUT2D eigenvalue weighted by Crippen LogP contribution is -2.50. The lowest BCUT2D eigenvalue weighted by Gasteiger charge is -2.35. The molecule has 2 atom stereocenters. The molecule has 5 heteroatoms. The molecule has 0 radical (unpaired) electrons. The minimum Gasteiger partial charge on any atom is -0.466 e. The number of benzene rings is 1. The topological polar surface area (TPSA) is 58.6 Å². The largest absolute Gasteiger partial charge is 0.466 e. The molecule has 1 fully saturated rings. The molecule has 0 bridgehead atoms. The second kappa shape index (κ2) is 8.67. The number of likely N-dealkylation sites (tertiary alicyclic amines) is 1. The van der Waals surface area contributed by atoms with E-state index in [-0.39, 0.29) is 23.8 Å². The minimum atomic E-state index is -0.240. The minimum absolute atomic E-state index is 0.00152. The summed E-state index contributed by atoms with van der Waals surface area (Å²) < 4.78 is 5.11. The second-order valence-corrected chi connectivity index (χ2v) is 5.97. The van der Waals surface area contributed by atoms with Gasteiger partial charge in [0, 0.05) is 13.1 Å². The number of carbonyl (C=O) groups is 2. The van der Waals surface area contributed by atoms with Crippen LogP contribution in [0.25, 0.3) is 0 Å². The Kier molecular flexibility index (Phi) is 6.59. The maximum absolute atomic E-state index is 12.3. The first-order valence-corrected chi connectivity index (χ1v) is 8.34. The summed E-state index contributed by atoms with van der Waals surface area (Å²) in [5.74, 6) is -0.263. The molecule has 1 amide bonds. The Morgan fingerprint density at radius 3 is 2.78 bits per heavy atom. The van der Waals surface area contributed by atoms with Crippen LogP contribution in [-0.2, 0) is 20.9 Å². The fourth-order valence-corrected chi connectivity index (χ4v) is 2.91. The number of nitrogens with zero attached hydrogens (tertiary/aromatic N) is 1. The number of rotatable bonds is 6. The van der Waals surface area contributed by atoms with E-state index in [9.17, 15) is 9.59 Å². The monoisotopic (exact) mass is 318 g/mol. The van der Waals surface area contributed by atoms with E-state index in [2.05, 4.69) is 10.2 Å². The number of hydrogen-bond acceptors (Lipinski definition) is 4. The van der Waals surface area contributed by atoms with Crippen LogP contribution in [0.2, 0.25) is 0 Å². The van der Waals surface area contributed by atoms with Gasteiger partial charge < -0.3 is 10.1 Å². The van der Waals surface area contributed by atoms with Gasteiger partial charge in [0.25, 0.3) is 0 Å². The van der Waals surface area contributed by atoms with Crippen LogP contribution in [0.1, 0.15) is 32.3 Å². The highest BCUT2D eigenvalue weighted by Crippen LogP contribution is 2.20. The van der Waals surface area contributed by atoms with Gasteiger partial charge in [-0.25, -0.2) is 0 Å². The highest BCUT2D eigenvalue weighted by molar-refractivity contribution is 5.81. The van der Waals surface area contributed by atoms with Crippen LogP contribution in [0.5, 0.6) is 0 Å². The molecule has 0 aliphatic carbocycles. The Balaban J connectivity index is 1.84. The Labute approximate surface area is 138 Å². The van der Waals surface area contributed by atoms with Crippen molar-refractivity contribution in [2.45, 2.75) is 39.3 Å². The van der Waals surface area contributed by atoms with E-state index in [1.54, 1.807) is 0 Å². The van der Waals surface area contributed by atoms with E-state index in [1.807, 2.05) is 44.2 Å². The lowest BCUT2D eigenvalue weighted by atomic mass is 9.97. The van der Waals surface area contributed by atoms with Gasteiger partial charge in [-0.3, -0.25) is 14.5 Å². The molecule has 1 saturated heterocycles. The fraction of sp³-hybridized carbons (Fsp3) is 0.556. The third-order valence-electron chi connectivity index (χ3n) is 4.31. The molecule has 1 N–H and O–H groups in total. The summed E-state index contributed by atoms with van der Waals surface area (Å²) in [6.45, 7) is 6.09. The summed E-state index contributed by atoms with van der Waals surface area (Å²) in [7, 11) is 0. The zero-order chi connectivity index (χ0) is 16.7. The molecule has 0 saturated carbocycles. The van der Waals surface area contributed by atoms with Crippen molar-refractivity contribution in [2.75, 3.05) is 19.7 Å². The molecule has 2 unspecified atom stereocenters. The summed E-state index contributed by atoms with van der Waals surface area (Å²) in [6, 6.07) is 9.61. The number of carbonyl (C=O) groups excluding carboxylic acids is 2. The van der Waals surface area contributed by atoms with Crippen molar-refractivity contribution < 1.29 is 14.3 Å². The van der Waals surface area contributed by atoms with Gasteiger partial charge in [-0.15, -0.1) is 0 Å². The summed E-state index contributed by atoms with van der Waals surface area (Å²) >= 11 is 0. The van der Waals surface area contributed by atoms with Gasteiger partial charge in [-0.05, 0) is 38.8 Å². The average Bonchev–Trinajstić information content (AvgIpc) is 2.60. The number of hydrogen-bond donors (Lipinski definition) is 1. The van der Waals surface area contributed by atoms with Crippen LogP contribution in [0, 0.1) is 5.92 Å². The quantitative estimate of drug-likeness (QED) is 0.815. The molecule has 1 aliphatic heterocycles. The van der Waals surface area contributed by atoms with Crippen LogP contribution in [0.4, 0.5) is 0 Å². The van der Waals surface area contributed by atoms with Gasteiger partial charge in [-0.2, -0.15) is 0 Å². The van der Waals surface area contributed by atoms with Gasteiger partial charge in [-0.1, -0.05) is 30.3 Å². The third-order valence-corrected chi connectivity index (χ3v) is 4.31. The summed E-state index contributed by atoms with van der Waals surface area (Å²) in [5, 5.41) is 2.97. The summed E-state index contributed by atoms with van der Waals surface area (Å²) in [6.07, 6.45) is 1.76. The van der Waals surface area contributed by atoms with E-state index < -0.39 is 0 Å². The standard InChI is InChI=1S/C18H26N2O3/c1-3-23-18(22)16-10-7-11-20(13-16)14(2)17(21)19-12-15-8-5-4-6-9-15/h4-6,8-9,14,16H,3,7,10-13H2,1-2H3,(H,19,21). The van der Waals surface area contributed by atoms with Gasteiger partial charge in [0.15, 0.2) is 0 Å². The van der Waals surface area contributed by atoms with Crippen molar-refractivity contribution in [3.8, 4) is 0 Å². The molecule has 1 aromatic carbocycles. The first-order chi connectivity index (χ1) is 11.1. The Hall–Kier alpha value is -1.88. The van der Waals surface area contributed by atoms with Crippen LogP contribution >= 0.6 is 0 Å². The molecule has 1 aromatic rings. The van der Waals surface area contributed by atoms with Crippen molar-refractivity contribution in [1.29, 1.82) is 0 Å². The SMILES string of the molecule is CCOC(=O)C1CCCN(C(C)C(=O)NCc2ccccc2)C1. The van der Waals surface area contributed by atoms with E-state index in [0.29, 0.717) is 19.7 Å². The number of esters is 1. The van der Waals surface area contributed by atoms with Gasteiger partial charge >= 0.3 is 5.97 Å². The van der Waals surface area contributed by atoms with E-state index in [1.165, 1.54) is 0 Å². The summed E-state index contributed by atoms with van der Waals surface area (Å²) in [4.78, 5) is 26.3. The van der Waals surface area contributed by atoms with E-state index in [0.717, 1.165) is 24.9 Å². The highest BCUT2D eigenvalue weighted by atomic mass is 16.5. The highest BCUT2D eigenvalue weighted by Gasteiger charge is 2.31. The predicted molar refractivity (Wildman–Crippen MR) is 88.7 cm³/mol. The van der Waals surface area contributed by atoms with Crippen molar-refractivity contribution in [2.24, 2.45) is 5.92 Å². The first kappa shape index (κ1) is 17.5. The number of ether oxygens (including phenoxy) is 1. The number of piperidine rings is 1. The van der Waals surface area contributed by atoms with Crippen LogP contribution < -0.4 is 5.32 Å². The second-order valence-electron chi connectivity index (χ2n) is 5.97. The maximum Gasteiger partial charge on any atom is 0.310 e. The maximum atomic E-state index is 12.3. The number of amides is 1. The van der Waals surface area contributed by atoms with Crippen molar-refractivity contribution in [1.82, 2.24) is 10.2 Å².